The third kappa shape index (κ3) is 3.03. The van der Waals surface area contributed by atoms with E-state index in [2.05, 4.69) is 6.07 Å². The number of aliphatic hydroxyl groups is 1. The van der Waals surface area contributed by atoms with E-state index < -0.39 is 5.72 Å². The average molecular weight is 417 g/mol. The minimum atomic E-state index is -1.49. The average Bonchev–Trinajstić information content (AvgIpc) is 3.02. The van der Waals surface area contributed by atoms with Crippen molar-refractivity contribution in [2.24, 2.45) is 0 Å². The normalized spacial score (nSPS) is 24.7. The number of fused-ring (bicyclic) bond motifs is 1. The first-order valence-electron chi connectivity index (χ1n) is 8.28. The van der Waals surface area contributed by atoms with Crippen LogP contribution in [-0.4, -0.2) is 21.7 Å². The predicted molar refractivity (Wildman–Crippen MR) is 106 cm³/mol. The molecule has 2 heterocycles. The number of rotatable bonds is 2. The van der Waals surface area contributed by atoms with Gasteiger partial charge >= 0.3 is 0 Å². The van der Waals surface area contributed by atoms with Gasteiger partial charge in [-0.25, -0.2) is 0 Å². The maximum absolute atomic E-state index is 13.0. The van der Waals surface area contributed by atoms with E-state index in [4.69, 9.17) is 23.2 Å². The fraction of sp³-hybridized carbons (Fsp3) is 0.200. The molecule has 0 bridgehead atoms. The van der Waals surface area contributed by atoms with E-state index in [0.717, 1.165) is 5.56 Å². The van der Waals surface area contributed by atoms with Crippen LogP contribution in [0.15, 0.2) is 59.1 Å². The molecule has 136 valence electrons. The molecule has 27 heavy (non-hydrogen) atoms. The van der Waals surface area contributed by atoms with E-state index in [1.807, 2.05) is 12.1 Å². The molecule has 0 aliphatic carbocycles. The molecule has 4 nitrogen and oxygen atoms in total. The van der Waals surface area contributed by atoms with Crippen LogP contribution in [0.1, 0.15) is 23.5 Å². The van der Waals surface area contributed by atoms with Gasteiger partial charge in [0.1, 0.15) is 0 Å². The van der Waals surface area contributed by atoms with Crippen molar-refractivity contribution in [2.45, 2.75) is 18.1 Å². The number of halogens is 2. The molecule has 2 aliphatic rings. The third-order valence-corrected chi connectivity index (χ3v) is 6.62. The molecule has 1 amide bonds. The third-order valence-electron chi connectivity index (χ3n) is 4.89. The Morgan fingerprint density at radius 3 is 2.30 bits per heavy atom. The van der Waals surface area contributed by atoms with Crippen LogP contribution < -0.4 is 0 Å². The Bertz CT molecular complexity index is 983. The second-order valence-electron chi connectivity index (χ2n) is 6.48. The monoisotopic (exact) mass is 416 g/mol. The van der Waals surface area contributed by atoms with Crippen LogP contribution in [0.5, 0.6) is 0 Å². The lowest BCUT2D eigenvalue weighted by atomic mass is 9.85. The largest absolute Gasteiger partial charge is 0.366 e. The van der Waals surface area contributed by atoms with E-state index in [-0.39, 0.29) is 24.0 Å². The molecule has 0 aromatic heterocycles. The molecule has 0 spiro atoms. The number of carbonyl (C=O) groups excluding carboxylic acids is 1. The van der Waals surface area contributed by atoms with Crippen LogP contribution >= 0.6 is 35.0 Å². The van der Waals surface area contributed by atoms with Crippen LogP contribution in [-0.2, 0) is 10.5 Å². The molecule has 1 saturated heterocycles. The molecular formula is C20H14Cl2N2O2S. The van der Waals surface area contributed by atoms with Crippen LogP contribution in [0, 0.1) is 11.3 Å². The maximum Gasteiger partial charge on any atom is 0.231 e. The summed E-state index contributed by atoms with van der Waals surface area (Å²) < 4.78 is 0. The first-order valence-corrected chi connectivity index (χ1v) is 10.0. The number of nitrogens with zero attached hydrogens (tertiary/aromatic N) is 2. The molecule has 2 atom stereocenters. The molecule has 1 N–H and O–H groups in total. The summed E-state index contributed by atoms with van der Waals surface area (Å²) in [5.41, 5.74) is 0.435. The summed E-state index contributed by atoms with van der Waals surface area (Å²) in [6, 6.07) is 16.2. The van der Waals surface area contributed by atoms with Gasteiger partial charge in [0.25, 0.3) is 0 Å². The lowest BCUT2D eigenvalue weighted by Gasteiger charge is -2.38. The van der Waals surface area contributed by atoms with Crippen LogP contribution in [0.2, 0.25) is 10.0 Å². The van der Waals surface area contributed by atoms with Gasteiger partial charge in [-0.15, -0.1) is 11.8 Å². The fourth-order valence-electron chi connectivity index (χ4n) is 3.54. The number of carbonyl (C=O) groups is 1. The molecule has 7 heteroatoms. The van der Waals surface area contributed by atoms with Crippen molar-refractivity contribution < 1.29 is 9.90 Å². The van der Waals surface area contributed by atoms with Crippen LogP contribution in [0.25, 0.3) is 0 Å². The zero-order valence-corrected chi connectivity index (χ0v) is 16.4. The van der Waals surface area contributed by atoms with Crippen molar-refractivity contribution in [2.75, 3.05) is 5.75 Å². The summed E-state index contributed by atoms with van der Waals surface area (Å²) in [5.74, 6) is -0.300. The molecule has 4 rings (SSSR count). The first-order chi connectivity index (χ1) is 12.9. The smallest absolute Gasteiger partial charge is 0.231 e. The van der Waals surface area contributed by atoms with E-state index in [1.165, 1.54) is 16.7 Å². The van der Waals surface area contributed by atoms with Gasteiger partial charge in [-0.1, -0.05) is 47.5 Å². The minimum Gasteiger partial charge on any atom is -0.366 e. The molecule has 1 fully saturated rings. The van der Waals surface area contributed by atoms with Gasteiger partial charge in [0, 0.05) is 27.9 Å². The van der Waals surface area contributed by atoms with Gasteiger partial charge in [0.15, 0.2) is 5.72 Å². The summed E-state index contributed by atoms with van der Waals surface area (Å²) in [6.07, 6.45) is 0.116. The van der Waals surface area contributed by atoms with Gasteiger partial charge in [-0.05, 0) is 29.8 Å². The summed E-state index contributed by atoms with van der Waals surface area (Å²) in [5, 5.41) is 22.8. The number of hydrogen-bond acceptors (Lipinski definition) is 4. The highest BCUT2D eigenvalue weighted by Crippen LogP contribution is 2.51. The van der Waals surface area contributed by atoms with Crippen LogP contribution in [0.4, 0.5) is 0 Å². The van der Waals surface area contributed by atoms with Crippen LogP contribution in [0.3, 0.4) is 0 Å². The highest BCUT2D eigenvalue weighted by atomic mass is 35.5. The SMILES string of the molecule is N#CC1=C2SC[C@](O)(c3ccc(Cl)cc3)N2C(=O)C[C@H]1c1ccc(Cl)cc1. The zero-order chi connectivity index (χ0) is 19.2. The Morgan fingerprint density at radius 2 is 1.70 bits per heavy atom. The maximum atomic E-state index is 13.0. The van der Waals surface area contributed by atoms with Crippen molar-refractivity contribution in [3.8, 4) is 6.07 Å². The predicted octanol–water partition coefficient (Wildman–Crippen LogP) is 4.64. The van der Waals surface area contributed by atoms with E-state index >= 15 is 0 Å². The van der Waals surface area contributed by atoms with Gasteiger partial charge in [0.2, 0.25) is 5.91 Å². The highest BCUT2D eigenvalue weighted by molar-refractivity contribution is 8.03. The molecule has 0 radical (unpaired) electrons. The Balaban J connectivity index is 1.79. The molecular weight excluding hydrogens is 403 g/mol. The second-order valence-corrected chi connectivity index (χ2v) is 8.32. The summed E-state index contributed by atoms with van der Waals surface area (Å²) >= 11 is 13.2. The highest BCUT2D eigenvalue weighted by Gasteiger charge is 2.51. The quantitative estimate of drug-likeness (QED) is 0.774. The Labute approximate surface area is 171 Å². The van der Waals surface area contributed by atoms with Gasteiger partial charge < -0.3 is 5.11 Å². The second kappa shape index (κ2) is 6.88. The summed E-state index contributed by atoms with van der Waals surface area (Å²) in [7, 11) is 0. The van der Waals surface area contributed by atoms with Crippen molar-refractivity contribution in [3.05, 3.63) is 80.3 Å². The van der Waals surface area contributed by atoms with Crippen molar-refractivity contribution in [1.29, 1.82) is 5.26 Å². The molecule has 2 aliphatic heterocycles. The Kier molecular flexibility index (Phi) is 4.69. The molecule has 0 unspecified atom stereocenters. The number of hydrogen-bond donors (Lipinski definition) is 1. The first kappa shape index (κ1) is 18.4. The van der Waals surface area contributed by atoms with Crippen molar-refractivity contribution in [1.82, 2.24) is 4.90 Å². The Morgan fingerprint density at radius 1 is 1.11 bits per heavy atom. The number of benzene rings is 2. The summed E-state index contributed by atoms with van der Waals surface area (Å²) in [4.78, 5) is 14.4. The molecule has 0 saturated carbocycles. The Hall–Kier alpha value is -1.97. The molecule has 2 aromatic carbocycles. The zero-order valence-electron chi connectivity index (χ0n) is 14.0. The van der Waals surface area contributed by atoms with E-state index in [1.54, 1.807) is 36.4 Å². The standard InChI is InChI=1S/C20H14Cl2N2O2S/c21-14-5-1-12(2-6-14)16-9-18(25)24-19(17(16)10-23)27-11-20(24,26)13-3-7-15(22)8-4-13/h1-8,16,26H,9,11H2/t16-,20-/m0/s1. The van der Waals surface area contributed by atoms with E-state index in [0.29, 0.717) is 26.2 Å². The topological polar surface area (TPSA) is 64.3 Å². The summed E-state index contributed by atoms with van der Waals surface area (Å²) in [6.45, 7) is 0. The van der Waals surface area contributed by atoms with Gasteiger partial charge in [0.05, 0.1) is 22.4 Å². The van der Waals surface area contributed by atoms with Gasteiger partial charge in [-0.3, -0.25) is 9.69 Å². The van der Waals surface area contributed by atoms with E-state index in [9.17, 15) is 15.2 Å². The fourth-order valence-corrected chi connectivity index (χ4v) is 5.15. The lowest BCUT2D eigenvalue weighted by Crippen LogP contribution is -2.48. The number of amides is 1. The number of nitriles is 1. The van der Waals surface area contributed by atoms with Gasteiger partial charge in [-0.2, -0.15) is 5.26 Å². The lowest BCUT2D eigenvalue weighted by molar-refractivity contribution is -0.149. The molecule has 2 aromatic rings. The van der Waals surface area contributed by atoms with Crippen molar-refractivity contribution in [3.63, 3.8) is 0 Å². The minimum absolute atomic E-state index is 0.116. The number of thioether (sulfide) groups is 1. The van der Waals surface area contributed by atoms with Crippen molar-refractivity contribution >= 4 is 40.9 Å². The number of allylic oxidation sites excluding steroid dienone is 1.